The Balaban J connectivity index is 1.38. The summed E-state index contributed by atoms with van der Waals surface area (Å²) >= 11 is 0. The van der Waals surface area contributed by atoms with Gasteiger partial charge in [0.25, 0.3) is 0 Å². The topological polar surface area (TPSA) is 71.3 Å². The second-order valence-electron chi connectivity index (χ2n) is 6.96. The molecule has 3 aromatic rings. The first kappa shape index (κ1) is 17.4. The number of nitrogens with one attached hydrogen (secondary N) is 1. The summed E-state index contributed by atoms with van der Waals surface area (Å²) in [6.07, 6.45) is 0.745. The quantitative estimate of drug-likeness (QED) is 0.773. The molecule has 1 amide bonds. The maximum atomic E-state index is 12.7. The Morgan fingerprint density at radius 3 is 2.63 bits per heavy atom. The summed E-state index contributed by atoms with van der Waals surface area (Å²) in [5.41, 5.74) is 4.49. The van der Waals surface area contributed by atoms with Crippen molar-refractivity contribution in [3.8, 4) is 11.4 Å². The Morgan fingerprint density at radius 1 is 1.19 bits per heavy atom. The van der Waals surface area contributed by atoms with Crippen LogP contribution in [0.4, 0.5) is 0 Å². The molecule has 6 nitrogen and oxygen atoms in total. The van der Waals surface area contributed by atoms with Crippen LogP contribution in [0.5, 0.6) is 0 Å². The summed E-state index contributed by atoms with van der Waals surface area (Å²) < 4.78 is 5.01. The van der Waals surface area contributed by atoms with E-state index in [2.05, 4.69) is 32.5 Å². The largest absolute Gasteiger partial charge is 0.351 e. The molecule has 0 saturated carbocycles. The van der Waals surface area contributed by atoms with E-state index in [9.17, 15) is 4.79 Å². The zero-order chi connectivity index (χ0) is 18.8. The highest BCUT2D eigenvalue weighted by Crippen LogP contribution is 2.22. The van der Waals surface area contributed by atoms with Crippen molar-refractivity contribution >= 4 is 5.91 Å². The zero-order valence-corrected chi connectivity index (χ0v) is 15.5. The van der Waals surface area contributed by atoms with Gasteiger partial charge in [0, 0.05) is 25.6 Å². The number of fused-ring (bicyclic) bond motifs is 1. The number of hydrogen-bond donors (Lipinski definition) is 1. The van der Waals surface area contributed by atoms with Gasteiger partial charge in [-0.3, -0.25) is 9.69 Å². The predicted octanol–water partition coefficient (Wildman–Crippen LogP) is 2.72. The molecule has 1 N–H and O–H groups in total. The van der Waals surface area contributed by atoms with Crippen molar-refractivity contribution in [1.82, 2.24) is 20.4 Å². The molecule has 0 radical (unpaired) electrons. The van der Waals surface area contributed by atoms with Gasteiger partial charge in [0.05, 0.1) is 6.04 Å². The minimum Gasteiger partial charge on any atom is -0.351 e. The summed E-state index contributed by atoms with van der Waals surface area (Å²) in [6, 6.07) is 16.0. The predicted molar refractivity (Wildman–Crippen MR) is 102 cm³/mol. The molecule has 2 heterocycles. The van der Waals surface area contributed by atoms with Gasteiger partial charge in [-0.25, -0.2) is 0 Å². The highest BCUT2D eigenvalue weighted by Gasteiger charge is 2.28. The molecule has 1 aliphatic heterocycles. The first-order valence-corrected chi connectivity index (χ1v) is 9.04. The normalized spacial score (nSPS) is 16.7. The Morgan fingerprint density at radius 2 is 1.93 bits per heavy atom. The number of rotatable bonds is 4. The van der Waals surface area contributed by atoms with Gasteiger partial charge in [-0.2, -0.15) is 4.98 Å². The number of nitrogens with zero attached hydrogens (tertiary/aromatic N) is 3. The number of aromatic nitrogens is 2. The summed E-state index contributed by atoms with van der Waals surface area (Å²) in [5.74, 6) is 1.18. The number of hydrogen-bond acceptors (Lipinski definition) is 5. The number of carbonyl (C=O) groups is 1. The van der Waals surface area contributed by atoms with Crippen molar-refractivity contribution in [2.75, 3.05) is 7.05 Å². The van der Waals surface area contributed by atoms with E-state index in [0.717, 1.165) is 24.1 Å². The number of carbonyl (C=O) groups excluding carboxylic acids is 1. The van der Waals surface area contributed by atoms with E-state index in [4.69, 9.17) is 4.52 Å². The van der Waals surface area contributed by atoms with Crippen LogP contribution in [0.15, 0.2) is 53.1 Å². The van der Waals surface area contributed by atoms with Crippen LogP contribution in [0, 0.1) is 6.92 Å². The lowest BCUT2D eigenvalue weighted by atomic mass is 9.94. The second-order valence-corrected chi connectivity index (χ2v) is 6.96. The van der Waals surface area contributed by atoms with Crippen LogP contribution in [0.3, 0.4) is 0 Å². The Bertz CT molecular complexity index is 949. The Kier molecular flexibility index (Phi) is 4.73. The van der Waals surface area contributed by atoms with Crippen LogP contribution in [-0.2, 0) is 24.3 Å². The molecule has 0 saturated heterocycles. The summed E-state index contributed by atoms with van der Waals surface area (Å²) in [5, 5.41) is 6.98. The zero-order valence-electron chi connectivity index (χ0n) is 15.5. The standard InChI is InChI=1S/C21H22N4O2/c1-14-23-20(24-27-14)16-9-7-15(8-10-16)12-22-21(26)19-11-17-5-3-4-6-18(17)13-25(19)2/h3-10,19H,11-13H2,1-2H3,(H,22,26)/t19-/m0/s1. The van der Waals surface area contributed by atoms with Crippen molar-refractivity contribution in [3.05, 3.63) is 71.1 Å². The highest BCUT2D eigenvalue weighted by atomic mass is 16.5. The van der Waals surface area contributed by atoms with Gasteiger partial charge < -0.3 is 9.84 Å². The number of amides is 1. The molecule has 1 aliphatic rings. The molecule has 4 rings (SSSR count). The average Bonchev–Trinajstić information content (AvgIpc) is 3.12. The van der Waals surface area contributed by atoms with Crippen molar-refractivity contribution < 1.29 is 9.32 Å². The van der Waals surface area contributed by atoms with Crippen LogP contribution in [0.1, 0.15) is 22.6 Å². The van der Waals surface area contributed by atoms with Crippen molar-refractivity contribution in [1.29, 1.82) is 0 Å². The van der Waals surface area contributed by atoms with Crippen LogP contribution in [0.25, 0.3) is 11.4 Å². The van der Waals surface area contributed by atoms with E-state index >= 15 is 0 Å². The molecule has 27 heavy (non-hydrogen) atoms. The third kappa shape index (κ3) is 3.75. The van der Waals surface area contributed by atoms with Gasteiger partial charge in [0.2, 0.25) is 17.6 Å². The number of benzene rings is 2. The molecule has 0 bridgehead atoms. The maximum absolute atomic E-state index is 12.7. The summed E-state index contributed by atoms with van der Waals surface area (Å²) in [4.78, 5) is 19.0. The number of likely N-dealkylation sites (N-methyl/N-ethyl adjacent to an activating group) is 1. The van der Waals surface area contributed by atoms with E-state index in [1.54, 1.807) is 6.92 Å². The van der Waals surface area contributed by atoms with Gasteiger partial charge >= 0.3 is 0 Å². The molecule has 6 heteroatoms. The summed E-state index contributed by atoms with van der Waals surface area (Å²) in [6.45, 7) is 3.06. The molecule has 0 unspecified atom stereocenters. The fourth-order valence-electron chi connectivity index (χ4n) is 3.44. The van der Waals surface area contributed by atoms with Gasteiger partial charge in [0.15, 0.2) is 0 Å². The maximum Gasteiger partial charge on any atom is 0.237 e. The van der Waals surface area contributed by atoms with Crippen LogP contribution in [0.2, 0.25) is 0 Å². The van der Waals surface area contributed by atoms with Gasteiger partial charge in [-0.1, -0.05) is 53.7 Å². The van der Waals surface area contributed by atoms with Gasteiger partial charge in [0.1, 0.15) is 0 Å². The monoisotopic (exact) mass is 362 g/mol. The molecule has 0 aliphatic carbocycles. The Labute approximate surface area is 158 Å². The molecule has 1 atom stereocenters. The minimum absolute atomic E-state index is 0.0601. The molecule has 2 aromatic carbocycles. The number of aryl methyl sites for hydroxylation is 1. The van der Waals surface area contributed by atoms with Crippen molar-refractivity contribution in [2.45, 2.75) is 32.5 Å². The van der Waals surface area contributed by atoms with Crippen molar-refractivity contribution in [2.24, 2.45) is 0 Å². The molecule has 0 spiro atoms. The van der Waals surface area contributed by atoms with Gasteiger partial charge in [-0.05, 0) is 30.2 Å². The molecular formula is C21H22N4O2. The van der Waals surface area contributed by atoms with E-state index < -0.39 is 0 Å². The summed E-state index contributed by atoms with van der Waals surface area (Å²) in [7, 11) is 2.00. The van der Waals surface area contributed by atoms with E-state index in [1.165, 1.54) is 11.1 Å². The lowest BCUT2D eigenvalue weighted by Gasteiger charge is -2.33. The smallest absolute Gasteiger partial charge is 0.237 e. The SMILES string of the molecule is Cc1nc(-c2ccc(CNC(=O)[C@@H]3Cc4ccccc4CN3C)cc2)no1. The third-order valence-corrected chi connectivity index (χ3v) is 4.99. The molecule has 1 aromatic heterocycles. The van der Waals surface area contributed by atoms with Crippen LogP contribution in [-0.4, -0.2) is 34.0 Å². The van der Waals surface area contributed by atoms with E-state index in [0.29, 0.717) is 18.3 Å². The molecular weight excluding hydrogens is 340 g/mol. The first-order chi connectivity index (χ1) is 13.1. The van der Waals surface area contributed by atoms with E-state index in [1.807, 2.05) is 43.4 Å². The highest BCUT2D eigenvalue weighted by molar-refractivity contribution is 5.82. The van der Waals surface area contributed by atoms with Crippen LogP contribution < -0.4 is 5.32 Å². The Hall–Kier alpha value is -2.99. The lowest BCUT2D eigenvalue weighted by Crippen LogP contribution is -2.48. The van der Waals surface area contributed by atoms with Gasteiger partial charge in [-0.15, -0.1) is 0 Å². The third-order valence-electron chi connectivity index (χ3n) is 4.99. The first-order valence-electron chi connectivity index (χ1n) is 9.04. The lowest BCUT2D eigenvalue weighted by molar-refractivity contribution is -0.126. The molecule has 0 fully saturated rings. The van der Waals surface area contributed by atoms with Crippen LogP contribution >= 0.6 is 0 Å². The van der Waals surface area contributed by atoms with E-state index in [-0.39, 0.29) is 11.9 Å². The second kappa shape index (κ2) is 7.32. The minimum atomic E-state index is -0.138. The van der Waals surface area contributed by atoms with Crippen molar-refractivity contribution in [3.63, 3.8) is 0 Å². The fraction of sp³-hybridized carbons (Fsp3) is 0.286. The fourth-order valence-corrected chi connectivity index (χ4v) is 3.44. The molecule has 138 valence electrons. The average molecular weight is 362 g/mol.